The molecule has 0 aliphatic carbocycles. The van der Waals surface area contributed by atoms with Crippen molar-refractivity contribution < 1.29 is 17.9 Å². The van der Waals surface area contributed by atoms with Crippen molar-refractivity contribution in [2.45, 2.75) is 12.8 Å². The van der Waals surface area contributed by atoms with E-state index in [2.05, 4.69) is 21.7 Å². The van der Waals surface area contributed by atoms with Gasteiger partial charge in [0.15, 0.2) is 17.5 Å². The van der Waals surface area contributed by atoms with Gasteiger partial charge in [0.05, 0.1) is 25.5 Å². The van der Waals surface area contributed by atoms with Gasteiger partial charge in [-0.25, -0.2) is 8.42 Å². The molecule has 1 aromatic carbocycles. The molecular formula is C19H26IN3O4S2. The molecule has 1 aromatic heterocycles. The van der Waals surface area contributed by atoms with Crippen LogP contribution in [0.25, 0.3) is 0 Å². The number of nitrogens with zero attached hydrogens (tertiary/aromatic N) is 1. The number of rotatable bonds is 7. The highest BCUT2D eigenvalue weighted by Crippen LogP contribution is 2.32. The smallest absolute Gasteiger partial charge is 0.195 e. The summed E-state index contributed by atoms with van der Waals surface area (Å²) in [6.45, 7) is 2.14. The van der Waals surface area contributed by atoms with Crippen LogP contribution in [0.5, 0.6) is 11.5 Å². The SMILES string of the molecule is CS(=O)(=O)CCN=C(NCCc1cccs1)Nc1ccc2c(c1)OCCCO2.I. The van der Waals surface area contributed by atoms with Gasteiger partial charge in [-0.15, -0.1) is 35.3 Å². The first-order valence-electron chi connectivity index (χ1n) is 9.15. The Morgan fingerprint density at radius 1 is 1.21 bits per heavy atom. The molecule has 0 saturated heterocycles. The Hall–Kier alpha value is -1.53. The third-order valence-corrected chi connectivity index (χ3v) is 5.85. The number of hydrogen-bond donors (Lipinski definition) is 2. The van der Waals surface area contributed by atoms with E-state index in [0.29, 0.717) is 31.5 Å². The van der Waals surface area contributed by atoms with Crippen LogP contribution < -0.4 is 20.1 Å². The van der Waals surface area contributed by atoms with Gasteiger partial charge in [0, 0.05) is 35.9 Å². The lowest BCUT2D eigenvalue weighted by atomic mass is 10.2. The highest BCUT2D eigenvalue weighted by Gasteiger charge is 2.11. The molecular weight excluding hydrogens is 525 g/mol. The second kappa shape index (κ2) is 11.6. The Morgan fingerprint density at radius 3 is 2.72 bits per heavy atom. The molecule has 0 atom stereocenters. The number of fused-ring (bicyclic) bond motifs is 1. The van der Waals surface area contributed by atoms with Crippen LogP contribution >= 0.6 is 35.3 Å². The van der Waals surface area contributed by atoms with Gasteiger partial charge in [0.2, 0.25) is 0 Å². The maximum atomic E-state index is 11.4. The average molecular weight is 551 g/mol. The van der Waals surface area contributed by atoms with Gasteiger partial charge in [0.25, 0.3) is 0 Å². The van der Waals surface area contributed by atoms with Gasteiger partial charge in [-0.3, -0.25) is 4.99 Å². The molecule has 10 heteroatoms. The molecule has 0 radical (unpaired) electrons. The Morgan fingerprint density at radius 2 is 2.00 bits per heavy atom. The van der Waals surface area contributed by atoms with Gasteiger partial charge < -0.3 is 20.1 Å². The fourth-order valence-electron chi connectivity index (χ4n) is 2.60. The fraction of sp³-hybridized carbons (Fsp3) is 0.421. The van der Waals surface area contributed by atoms with Gasteiger partial charge in [-0.05, 0) is 30.0 Å². The van der Waals surface area contributed by atoms with Crippen LogP contribution in [-0.4, -0.2) is 52.7 Å². The maximum Gasteiger partial charge on any atom is 0.195 e. The van der Waals surface area contributed by atoms with Gasteiger partial charge in [-0.2, -0.15) is 0 Å². The average Bonchev–Trinajstić information content (AvgIpc) is 3.04. The first-order valence-corrected chi connectivity index (χ1v) is 12.1. The van der Waals surface area contributed by atoms with E-state index in [1.54, 1.807) is 11.3 Å². The van der Waals surface area contributed by atoms with E-state index in [1.807, 2.05) is 29.6 Å². The van der Waals surface area contributed by atoms with E-state index in [-0.39, 0.29) is 36.3 Å². The topological polar surface area (TPSA) is 89.0 Å². The summed E-state index contributed by atoms with van der Waals surface area (Å²) in [5.74, 6) is 1.96. The maximum absolute atomic E-state index is 11.4. The Kier molecular flexibility index (Phi) is 9.50. The summed E-state index contributed by atoms with van der Waals surface area (Å²) < 4.78 is 34.2. The van der Waals surface area contributed by atoms with E-state index in [1.165, 1.54) is 11.1 Å². The highest BCUT2D eigenvalue weighted by atomic mass is 127. The molecule has 0 fully saturated rings. The number of anilines is 1. The van der Waals surface area contributed by atoms with Crippen molar-refractivity contribution in [1.82, 2.24) is 5.32 Å². The predicted molar refractivity (Wildman–Crippen MR) is 129 cm³/mol. The molecule has 1 aliphatic heterocycles. The molecule has 0 saturated carbocycles. The second-order valence-electron chi connectivity index (χ2n) is 6.45. The lowest BCUT2D eigenvalue weighted by Crippen LogP contribution is -2.33. The first-order chi connectivity index (χ1) is 13.5. The van der Waals surface area contributed by atoms with Gasteiger partial charge >= 0.3 is 0 Å². The molecule has 0 amide bonds. The molecule has 0 spiro atoms. The van der Waals surface area contributed by atoms with Gasteiger partial charge in [0.1, 0.15) is 9.84 Å². The zero-order chi connectivity index (χ0) is 19.8. The summed E-state index contributed by atoms with van der Waals surface area (Å²) in [6.07, 6.45) is 2.93. The fourth-order valence-corrected chi connectivity index (χ4v) is 3.73. The standard InChI is InChI=1S/C19H25N3O4S2.HI/c1-28(23,24)13-9-21-19(20-8-7-16-4-2-12-27-16)22-15-5-6-17-18(14-15)26-11-3-10-25-17;/h2,4-6,12,14H,3,7-11,13H2,1H3,(H2,20,21,22);1H. The summed E-state index contributed by atoms with van der Waals surface area (Å²) in [7, 11) is -3.06. The molecule has 1 aliphatic rings. The number of ether oxygens (including phenoxy) is 2. The molecule has 0 unspecified atom stereocenters. The van der Waals surface area contributed by atoms with Crippen molar-refractivity contribution in [3.05, 3.63) is 40.6 Å². The molecule has 29 heavy (non-hydrogen) atoms. The lowest BCUT2D eigenvalue weighted by molar-refractivity contribution is 0.297. The minimum Gasteiger partial charge on any atom is -0.490 e. The van der Waals surface area contributed by atoms with E-state index in [0.717, 1.165) is 24.3 Å². The zero-order valence-corrected chi connectivity index (χ0v) is 20.2. The van der Waals surface area contributed by atoms with E-state index >= 15 is 0 Å². The number of nitrogens with one attached hydrogen (secondary N) is 2. The number of sulfone groups is 1. The highest BCUT2D eigenvalue weighted by molar-refractivity contribution is 14.0. The van der Waals surface area contributed by atoms with Crippen molar-refractivity contribution in [1.29, 1.82) is 0 Å². The van der Waals surface area contributed by atoms with Crippen LogP contribution in [0.1, 0.15) is 11.3 Å². The van der Waals surface area contributed by atoms with Crippen LogP contribution in [0.3, 0.4) is 0 Å². The van der Waals surface area contributed by atoms with Crippen molar-refractivity contribution in [3.63, 3.8) is 0 Å². The third-order valence-electron chi connectivity index (χ3n) is 3.99. The molecule has 3 rings (SSSR count). The number of hydrogen-bond acceptors (Lipinski definition) is 6. The van der Waals surface area contributed by atoms with Crippen LogP contribution in [0.4, 0.5) is 5.69 Å². The van der Waals surface area contributed by atoms with E-state index in [4.69, 9.17) is 9.47 Å². The minimum atomic E-state index is -3.06. The quantitative estimate of drug-likeness (QED) is 0.312. The van der Waals surface area contributed by atoms with Crippen molar-refractivity contribution in [2.24, 2.45) is 4.99 Å². The summed E-state index contributed by atoms with van der Waals surface area (Å²) in [5.41, 5.74) is 0.797. The lowest BCUT2D eigenvalue weighted by Gasteiger charge is -2.14. The molecule has 7 nitrogen and oxygen atoms in total. The summed E-state index contributed by atoms with van der Waals surface area (Å²) in [6, 6.07) is 9.73. The normalized spacial score (nSPS) is 13.9. The summed E-state index contributed by atoms with van der Waals surface area (Å²) in [4.78, 5) is 5.68. The second-order valence-corrected chi connectivity index (χ2v) is 9.75. The summed E-state index contributed by atoms with van der Waals surface area (Å²) >= 11 is 1.71. The minimum absolute atomic E-state index is 0. The molecule has 2 N–H and O–H groups in total. The molecule has 2 heterocycles. The largest absolute Gasteiger partial charge is 0.490 e. The van der Waals surface area contributed by atoms with Crippen molar-refractivity contribution in [3.8, 4) is 11.5 Å². The van der Waals surface area contributed by atoms with Crippen LogP contribution in [0.15, 0.2) is 40.7 Å². The van der Waals surface area contributed by atoms with Crippen LogP contribution in [0.2, 0.25) is 0 Å². The first kappa shape index (κ1) is 23.7. The number of aliphatic imine (C=N–C) groups is 1. The Balaban J connectivity index is 0.00000300. The molecule has 2 aromatic rings. The molecule has 0 bridgehead atoms. The zero-order valence-electron chi connectivity index (χ0n) is 16.2. The number of benzene rings is 1. The van der Waals surface area contributed by atoms with E-state index < -0.39 is 9.84 Å². The van der Waals surface area contributed by atoms with Crippen molar-refractivity contribution in [2.75, 3.05) is 43.6 Å². The monoisotopic (exact) mass is 551 g/mol. The molecule has 160 valence electrons. The van der Waals surface area contributed by atoms with E-state index in [9.17, 15) is 8.42 Å². The summed E-state index contributed by atoms with van der Waals surface area (Å²) in [5, 5.41) is 8.54. The Labute approximate surface area is 192 Å². The van der Waals surface area contributed by atoms with Crippen LogP contribution in [-0.2, 0) is 16.3 Å². The Bertz CT molecular complexity index is 902. The van der Waals surface area contributed by atoms with Gasteiger partial charge in [-0.1, -0.05) is 6.07 Å². The van der Waals surface area contributed by atoms with Crippen LogP contribution in [0, 0.1) is 0 Å². The number of thiophene rings is 1. The van der Waals surface area contributed by atoms with Crippen molar-refractivity contribution >= 4 is 56.8 Å². The number of guanidine groups is 1. The number of halogens is 1. The third kappa shape index (κ3) is 8.39. The predicted octanol–water partition coefficient (Wildman–Crippen LogP) is 3.17.